The third-order valence-electron chi connectivity index (χ3n) is 11.8. The van der Waals surface area contributed by atoms with Crippen molar-refractivity contribution in [2.75, 3.05) is 0 Å². The Labute approximate surface area is 297 Å². The SMILES string of the molecule is CC1(C)c2ccc3ccccc3c2-c2c1c1ccc(-c3c4ccccc4c(-c4ccc5ccccc5c4)c4ccccc34)cc1c1ccccc21. The summed E-state index contributed by atoms with van der Waals surface area (Å²) < 4.78 is 0. The molecule has 10 aromatic carbocycles. The molecule has 0 atom stereocenters. The fraction of sp³-hybridized carbons (Fsp3) is 0.0588. The Morgan fingerprint density at radius 2 is 0.765 bits per heavy atom. The Bertz CT molecular complexity index is 3050. The lowest BCUT2D eigenvalue weighted by Gasteiger charge is -2.24. The Morgan fingerprint density at radius 3 is 1.41 bits per heavy atom. The van der Waals surface area contributed by atoms with Gasteiger partial charge in [-0.3, -0.25) is 0 Å². The van der Waals surface area contributed by atoms with Crippen LogP contribution in [0.1, 0.15) is 25.0 Å². The number of hydrogen-bond acceptors (Lipinski definition) is 0. The Hall–Kier alpha value is -6.24. The van der Waals surface area contributed by atoms with Gasteiger partial charge in [0.15, 0.2) is 0 Å². The molecule has 10 aromatic rings. The van der Waals surface area contributed by atoms with Crippen molar-refractivity contribution >= 4 is 64.6 Å². The summed E-state index contributed by atoms with van der Waals surface area (Å²) in [5.74, 6) is 0. The fourth-order valence-corrected chi connectivity index (χ4v) is 9.55. The van der Waals surface area contributed by atoms with Crippen molar-refractivity contribution < 1.29 is 0 Å². The highest BCUT2D eigenvalue weighted by atomic mass is 14.4. The van der Waals surface area contributed by atoms with Gasteiger partial charge in [-0.15, -0.1) is 0 Å². The smallest absolute Gasteiger partial charge is 0.0165 e. The van der Waals surface area contributed by atoms with Crippen molar-refractivity contribution in [3.8, 4) is 33.4 Å². The maximum Gasteiger partial charge on any atom is 0.0165 e. The molecule has 1 aliphatic carbocycles. The molecule has 0 amide bonds. The third-order valence-corrected chi connectivity index (χ3v) is 11.8. The quantitative estimate of drug-likeness (QED) is 0.129. The van der Waals surface area contributed by atoms with Crippen LogP contribution in [-0.4, -0.2) is 0 Å². The zero-order valence-corrected chi connectivity index (χ0v) is 28.7. The van der Waals surface area contributed by atoms with Gasteiger partial charge >= 0.3 is 0 Å². The van der Waals surface area contributed by atoms with Crippen molar-refractivity contribution in [1.29, 1.82) is 0 Å². The predicted molar refractivity (Wildman–Crippen MR) is 220 cm³/mol. The minimum absolute atomic E-state index is 0.139. The highest BCUT2D eigenvalue weighted by Gasteiger charge is 2.39. The van der Waals surface area contributed by atoms with Crippen LogP contribution in [0.2, 0.25) is 0 Å². The molecule has 11 rings (SSSR count). The first kappa shape index (κ1) is 28.6. The Morgan fingerprint density at radius 1 is 0.294 bits per heavy atom. The molecule has 0 unspecified atom stereocenters. The van der Waals surface area contributed by atoms with E-state index in [1.807, 2.05) is 0 Å². The van der Waals surface area contributed by atoms with Crippen LogP contribution in [0, 0.1) is 0 Å². The number of hydrogen-bond donors (Lipinski definition) is 0. The summed E-state index contributed by atoms with van der Waals surface area (Å²) in [6.07, 6.45) is 0. The van der Waals surface area contributed by atoms with Crippen molar-refractivity contribution in [2.45, 2.75) is 19.3 Å². The van der Waals surface area contributed by atoms with Crippen LogP contribution >= 0.6 is 0 Å². The first-order chi connectivity index (χ1) is 25.1. The lowest BCUT2D eigenvalue weighted by Crippen LogP contribution is -2.15. The average molecular weight is 647 g/mol. The molecular formula is C51H34. The van der Waals surface area contributed by atoms with Gasteiger partial charge in [0.2, 0.25) is 0 Å². The predicted octanol–water partition coefficient (Wildman–Crippen LogP) is 14.2. The molecule has 0 heteroatoms. The van der Waals surface area contributed by atoms with Gasteiger partial charge in [-0.2, -0.15) is 0 Å². The molecular weight excluding hydrogens is 613 g/mol. The largest absolute Gasteiger partial charge is 0.0616 e. The van der Waals surface area contributed by atoms with Crippen molar-refractivity contribution in [3.63, 3.8) is 0 Å². The molecule has 0 aliphatic heterocycles. The summed E-state index contributed by atoms with van der Waals surface area (Å²) in [7, 11) is 0. The highest BCUT2D eigenvalue weighted by molar-refractivity contribution is 6.25. The second-order valence-electron chi connectivity index (χ2n) is 14.8. The first-order valence-corrected chi connectivity index (χ1v) is 18.0. The number of fused-ring (bicyclic) bond motifs is 13. The van der Waals surface area contributed by atoms with E-state index in [4.69, 9.17) is 0 Å². The van der Waals surface area contributed by atoms with Crippen LogP contribution < -0.4 is 0 Å². The summed E-state index contributed by atoms with van der Waals surface area (Å²) in [5.41, 5.74) is 10.6. The van der Waals surface area contributed by atoms with E-state index in [0.29, 0.717) is 0 Å². The van der Waals surface area contributed by atoms with E-state index in [0.717, 1.165) is 0 Å². The van der Waals surface area contributed by atoms with Crippen LogP contribution in [0.4, 0.5) is 0 Å². The van der Waals surface area contributed by atoms with E-state index in [1.165, 1.54) is 109 Å². The maximum atomic E-state index is 2.49. The standard InChI is InChI=1S/C51H34/c1-51(2)45-28-26-32-14-5-6-16-36(32)48(45)49-38-18-8-7-17-37(38)44-30-35(25-27-43(44)50(49)51)47-41-21-11-9-19-39(41)46(40-20-10-12-22-42(40)47)34-24-23-31-13-3-4-15-33(31)29-34/h3-30H,1-2H3. The molecule has 0 radical (unpaired) electrons. The second-order valence-corrected chi connectivity index (χ2v) is 14.8. The monoisotopic (exact) mass is 646 g/mol. The van der Waals surface area contributed by atoms with Crippen LogP contribution in [0.15, 0.2) is 170 Å². The Balaban J connectivity index is 1.23. The number of rotatable bonds is 2. The molecule has 0 aromatic heterocycles. The molecule has 1 aliphatic rings. The van der Waals surface area contributed by atoms with Crippen molar-refractivity contribution in [2.24, 2.45) is 0 Å². The molecule has 0 spiro atoms. The molecule has 0 nitrogen and oxygen atoms in total. The van der Waals surface area contributed by atoms with Crippen LogP contribution in [0.25, 0.3) is 98.0 Å². The van der Waals surface area contributed by atoms with Crippen LogP contribution in [0.5, 0.6) is 0 Å². The molecule has 0 N–H and O–H groups in total. The van der Waals surface area contributed by atoms with Gasteiger partial charge in [0.25, 0.3) is 0 Å². The van der Waals surface area contributed by atoms with Crippen LogP contribution in [-0.2, 0) is 5.41 Å². The lowest BCUT2D eigenvalue weighted by molar-refractivity contribution is 0.667. The van der Waals surface area contributed by atoms with E-state index in [2.05, 4.69) is 184 Å². The lowest BCUT2D eigenvalue weighted by atomic mass is 9.78. The normalized spacial score (nSPS) is 13.5. The van der Waals surface area contributed by atoms with E-state index in [-0.39, 0.29) is 5.41 Å². The summed E-state index contributed by atoms with van der Waals surface area (Å²) in [6.45, 7) is 4.84. The minimum atomic E-state index is -0.139. The average Bonchev–Trinajstić information content (AvgIpc) is 3.43. The molecule has 0 bridgehead atoms. The van der Waals surface area contributed by atoms with E-state index < -0.39 is 0 Å². The topological polar surface area (TPSA) is 0 Å². The Kier molecular flexibility index (Phi) is 5.82. The second kappa shape index (κ2) is 10.4. The van der Waals surface area contributed by atoms with Gasteiger partial charge in [-0.1, -0.05) is 172 Å². The molecule has 0 saturated carbocycles. The van der Waals surface area contributed by atoms with Gasteiger partial charge in [0.1, 0.15) is 0 Å². The molecule has 0 heterocycles. The first-order valence-electron chi connectivity index (χ1n) is 18.0. The van der Waals surface area contributed by atoms with Gasteiger partial charge in [-0.05, 0) is 121 Å². The fourth-order valence-electron chi connectivity index (χ4n) is 9.55. The van der Waals surface area contributed by atoms with Gasteiger partial charge in [-0.25, -0.2) is 0 Å². The highest BCUT2D eigenvalue weighted by Crippen LogP contribution is 2.57. The van der Waals surface area contributed by atoms with Crippen LogP contribution in [0.3, 0.4) is 0 Å². The third kappa shape index (κ3) is 3.91. The molecule has 51 heavy (non-hydrogen) atoms. The number of benzene rings is 10. The van der Waals surface area contributed by atoms with E-state index in [9.17, 15) is 0 Å². The van der Waals surface area contributed by atoms with Gasteiger partial charge in [0, 0.05) is 5.41 Å². The zero-order chi connectivity index (χ0) is 33.8. The molecule has 0 saturated heterocycles. The van der Waals surface area contributed by atoms with Gasteiger partial charge in [0.05, 0.1) is 0 Å². The summed E-state index contributed by atoms with van der Waals surface area (Å²) >= 11 is 0. The van der Waals surface area contributed by atoms with Crippen molar-refractivity contribution in [3.05, 3.63) is 181 Å². The summed E-state index contributed by atoms with van der Waals surface area (Å²) in [5, 5.41) is 15.6. The van der Waals surface area contributed by atoms with E-state index >= 15 is 0 Å². The zero-order valence-electron chi connectivity index (χ0n) is 28.7. The minimum Gasteiger partial charge on any atom is -0.0616 e. The molecule has 238 valence electrons. The summed E-state index contributed by atoms with van der Waals surface area (Å²) in [4.78, 5) is 0. The maximum absolute atomic E-state index is 2.49. The summed E-state index contributed by atoms with van der Waals surface area (Å²) in [6, 6.07) is 63.5. The van der Waals surface area contributed by atoms with E-state index in [1.54, 1.807) is 0 Å². The van der Waals surface area contributed by atoms with Crippen molar-refractivity contribution in [1.82, 2.24) is 0 Å². The van der Waals surface area contributed by atoms with Gasteiger partial charge < -0.3 is 0 Å². The molecule has 0 fully saturated rings.